The van der Waals surface area contributed by atoms with Crippen molar-refractivity contribution >= 4 is 34.6 Å². The second-order valence-electron chi connectivity index (χ2n) is 9.97. The van der Waals surface area contributed by atoms with E-state index in [2.05, 4.69) is 19.9 Å². The first-order valence-electron chi connectivity index (χ1n) is 12.8. The molecule has 6 radical (unpaired) electrons. The summed E-state index contributed by atoms with van der Waals surface area (Å²) in [6.45, 7) is 0. The van der Waals surface area contributed by atoms with Crippen LogP contribution in [0.15, 0.2) is 49.1 Å². The second kappa shape index (κ2) is 10.2. The number of fused-ring (bicyclic) bond motifs is 1. The van der Waals surface area contributed by atoms with E-state index in [1.807, 2.05) is 0 Å². The van der Waals surface area contributed by atoms with Crippen LogP contribution in [-0.2, 0) is 17.8 Å². The summed E-state index contributed by atoms with van der Waals surface area (Å²) in [6.07, 6.45) is 0.717. The molecule has 0 aliphatic heterocycles. The molecule has 1 aliphatic rings. The molecule has 0 unspecified atom stereocenters. The Bertz CT molecular complexity index is 1820. The Morgan fingerprint density at radius 2 is 1.81 bits per heavy atom. The highest BCUT2D eigenvalue weighted by molar-refractivity contribution is 6.56. The van der Waals surface area contributed by atoms with Gasteiger partial charge in [-0.2, -0.15) is 13.2 Å². The van der Waals surface area contributed by atoms with E-state index in [1.54, 1.807) is 18.3 Å². The lowest BCUT2D eigenvalue weighted by molar-refractivity contribution is -0.140. The average molecular weight is 565 g/mol. The summed E-state index contributed by atoms with van der Waals surface area (Å²) in [4.78, 5) is 26.1. The third kappa shape index (κ3) is 5.23. The molecule has 0 saturated heterocycles. The highest BCUT2D eigenvalue weighted by Crippen LogP contribution is 2.45. The van der Waals surface area contributed by atoms with E-state index >= 15 is 4.39 Å². The third-order valence-electron chi connectivity index (χ3n) is 6.83. The van der Waals surface area contributed by atoms with Crippen LogP contribution in [0.4, 0.5) is 17.6 Å². The number of alkyl halides is 3. The summed E-state index contributed by atoms with van der Waals surface area (Å²) in [5, 5.41) is -2.22. The van der Waals surface area contributed by atoms with Crippen LogP contribution in [0, 0.1) is 5.82 Å². The molecule has 42 heavy (non-hydrogen) atoms. The fourth-order valence-corrected chi connectivity index (χ4v) is 4.70. The van der Waals surface area contributed by atoms with E-state index in [-0.39, 0.29) is 29.3 Å². The number of halogens is 4. The first kappa shape index (κ1) is 27.9. The molecule has 1 aromatic carbocycles. The van der Waals surface area contributed by atoms with Crippen LogP contribution in [0.25, 0.3) is 33.8 Å². The minimum Gasteiger partial charge on any atom is -0.480 e. The highest BCUT2D eigenvalue weighted by atomic mass is 19.4. The van der Waals surface area contributed by atoms with Gasteiger partial charge in [0.1, 0.15) is 29.0 Å². The van der Waals surface area contributed by atoms with Gasteiger partial charge in [-0.3, -0.25) is 4.98 Å². The van der Waals surface area contributed by atoms with Gasteiger partial charge in [0.25, 0.3) is 0 Å². The van der Waals surface area contributed by atoms with E-state index in [0.29, 0.717) is 40.2 Å². The minimum absolute atomic E-state index is 0.0101. The van der Waals surface area contributed by atoms with Crippen molar-refractivity contribution in [1.82, 2.24) is 34.5 Å². The van der Waals surface area contributed by atoms with Crippen LogP contribution >= 0.6 is 0 Å². The second-order valence-corrected chi connectivity index (χ2v) is 9.97. The Morgan fingerprint density at radius 3 is 2.48 bits per heavy atom. The number of rotatable bonds is 7. The SMILES string of the molecule is [B]C([B])([B])n1cc(C(F)(F)F)nc1-c1ccc(Cc2nc(-c3c(OC)ncnc3C3CC3)nc3cccnc23)c(F)c1. The first-order chi connectivity index (χ1) is 19.9. The lowest BCUT2D eigenvalue weighted by Crippen LogP contribution is -2.35. The van der Waals surface area contributed by atoms with Gasteiger partial charge in [-0.15, -0.1) is 0 Å². The molecule has 5 aromatic rings. The molecule has 4 aromatic heterocycles. The predicted molar refractivity (Wildman–Crippen MR) is 148 cm³/mol. The Hall–Kier alpha value is -4.29. The Labute approximate surface area is 241 Å². The summed E-state index contributed by atoms with van der Waals surface area (Å²) in [5.74, 6) is -0.204. The summed E-state index contributed by atoms with van der Waals surface area (Å²) in [6, 6.07) is 7.35. The monoisotopic (exact) mass is 565 g/mol. The normalized spacial score (nSPS) is 13.9. The summed E-state index contributed by atoms with van der Waals surface area (Å²) < 4.78 is 61.9. The third-order valence-corrected chi connectivity index (χ3v) is 6.83. The van der Waals surface area contributed by atoms with Crippen molar-refractivity contribution in [2.24, 2.45) is 0 Å². The molecule has 0 N–H and O–H groups in total. The number of imidazole rings is 1. The molecule has 4 heterocycles. The van der Waals surface area contributed by atoms with Gasteiger partial charge in [0, 0.05) is 30.3 Å². The van der Waals surface area contributed by atoms with Crippen LogP contribution in [-0.4, -0.2) is 65.1 Å². The molecule has 6 rings (SSSR count). The van der Waals surface area contributed by atoms with E-state index in [9.17, 15) is 13.2 Å². The Kier molecular flexibility index (Phi) is 6.78. The quantitative estimate of drug-likeness (QED) is 0.217. The first-order valence-corrected chi connectivity index (χ1v) is 12.8. The van der Waals surface area contributed by atoms with Gasteiger partial charge < -0.3 is 9.30 Å². The molecule has 0 amide bonds. The number of nitrogens with zero attached hydrogens (tertiary/aromatic N) is 7. The molecule has 0 atom stereocenters. The molecule has 0 bridgehead atoms. The lowest BCUT2D eigenvalue weighted by atomic mass is 9.49. The summed E-state index contributed by atoms with van der Waals surface area (Å²) >= 11 is 0. The fourth-order valence-electron chi connectivity index (χ4n) is 4.70. The van der Waals surface area contributed by atoms with E-state index in [1.165, 1.54) is 25.6 Å². The van der Waals surface area contributed by atoms with Crippen LogP contribution in [0.2, 0.25) is 0 Å². The van der Waals surface area contributed by atoms with Crippen LogP contribution < -0.4 is 4.74 Å². The van der Waals surface area contributed by atoms with Crippen LogP contribution in [0.3, 0.4) is 0 Å². The maximum absolute atomic E-state index is 15.6. The summed E-state index contributed by atoms with van der Waals surface area (Å²) in [7, 11) is 18.5. The van der Waals surface area contributed by atoms with Gasteiger partial charge in [-0.25, -0.2) is 29.3 Å². The van der Waals surface area contributed by atoms with Crippen molar-refractivity contribution in [3.63, 3.8) is 0 Å². The van der Waals surface area contributed by atoms with Crippen molar-refractivity contribution in [1.29, 1.82) is 0 Å². The van der Waals surface area contributed by atoms with E-state index in [4.69, 9.17) is 38.2 Å². The van der Waals surface area contributed by atoms with Gasteiger partial charge in [0.05, 0.1) is 47.6 Å². The standard InChI is InChI=1S/C27H18B3F4N7O/c1-42-25-20(21(13-4-5-13)36-12-37-25)23-38-17-3-2-8-35-22(17)18(39-23)10-14-6-7-15(9-16(14)31)24-40-19(26(32,33)34)11-41(24)27(28,29)30/h2-3,6-9,11-13H,4-5,10H2,1H3. The molecular weight excluding hydrogens is 547 g/mol. The minimum atomic E-state index is -4.80. The van der Waals surface area contributed by atoms with Crippen molar-refractivity contribution in [2.45, 2.75) is 36.6 Å². The number of ether oxygens (including phenoxy) is 1. The lowest BCUT2D eigenvalue weighted by Gasteiger charge is -2.25. The maximum Gasteiger partial charge on any atom is 0.434 e. The van der Waals surface area contributed by atoms with Crippen LogP contribution in [0.5, 0.6) is 5.88 Å². The van der Waals surface area contributed by atoms with Gasteiger partial charge in [-0.1, -0.05) is 17.4 Å². The zero-order chi connectivity index (χ0) is 29.8. The number of aromatic nitrogens is 7. The van der Waals surface area contributed by atoms with Crippen molar-refractivity contribution < 1.29 is 22.3 Å². The van der Waals surface area contributed by atoms with Crippen LogP contribution in [0.1, 0.15) is 41.4 Å². The van der Waals surface area contributed by atoms with Gasteiger partial charge in [0.2, 0.25) is 5.88 Å². The largest absolute Gasteiger partial charge is 0.480 e. The van der Waals surface area contributed by atoms with Gasteiger partial charge >= 0.3 is 6.18 Å². The number of benzene rings is 1. The van der Waals surface area contributed by atoms with Crippen molar-refractivity contribution in [2.75, 3.05) is 7.11 Å². The molecule has 1 fully saturated rings. The Morgan fingerprint density at radius 1 is 1.02 bits per heavy atom. The predicted octanol–water partition coefficient (Wildman–Crippen LogP) is 4.05. The number of pyridine rings is 1. The Balaban J connectivity index is 1.43. The topological polar surface area (TPSA) is 91.5 Å². The van der Waals surface area contributed by atoms with Crippen molar-refractivity contribution in [3.05, 3.63) is 77.5 Å². The zero-order valence-electron chi connectivity index (χ0n) is 22.1. The smallest absolute Gasteiger partial charge is 0.434 e. The molecule has 1 aliphatic carbocycles. The van der Waals surface area contributed by atoms with Gasteiger partial charge in [-0.05, 0) is 36.6 Å². The molecule has 1 saturated carbocycles. The molecule has 0 spiro atoms. The molecule has 8 nitrogen and oxygen atoms in total. The molecular formula is C27H18B3F4N7O. The summed E-state index contributed by atoms with van der Waals surface area (Å²) in [5.41, 5.74) is 1.65. The average Bonchev–Trinajstić information content (AvgIpc) is 3.68. The highest BCUT2D eigenvalue weighted by Gasteiger charge is 2.36. The molecule has 15 heteroatoms. The number of methoxy groups -OCH3 is 1. The number of hydrogen-bond acceptors (Lipinski definition) is 7. The van der Waals surface area contributed by atoms with E-state index < -0.39 is 22.9 Å². The van der Waals surface area contributed by atoms with Crippen molar-refractivity contribution in [3.8, 4) is 28.7 Å². The van der Waals surface area contributed by atoms with Gasteiger partial charge in [0.15, 0.2) is 11.5 Å². The number of hydrogen-bond donors (Lipinski definition) is 0. The molecule has 204 valence electrons. The maximum atomic E-state index is 15.6. The van der Waals surface area contributed by atoms with E-state index in [0.717, 1.165) is 29.2 Å². The fraction of sp³-hybridized carbons (Fsp3) is 0.259. The zero-order valence-corrected chi connectivity index (χ0v) is 22.1.